The third-order valence-corrected chi connectivity index (χ3v) is 4.70. The highest BCUT2D eigenvalue weighted by Gasteiger charge is 2.35. The maximum atomic E-state index is 13.3. The number of alkyl halides is 2. The van der Waals surface area contributed by atoms with Gasteiger partial charge in [0.2, 0.25) is 5.92 Å². The number of hydrogen-bond acceptors (Lipinski definition) is 6. The number of azide groups is 1. The van der Waals surface area contributed by atoms with E-state index in [1.54, 1.807) is 0 Å². The van der Waals surface area contributed by atoms with E-state index in [1.807, 2.05) is 12.3 Å². The van der Waals surface area contributed by atoms with Crippen molar-refractivity contribution in [2.24, 2.45) is 5.11 Å². The molecule has 10 heteroatoms. The predicted octanol–water partition coefficient (Wildman–Crippen LogP) is 4.84. The monoisotopic (exact) mass is 351 g/mol. The van der Waals surface area contributed by atoms with Crippen molar-refractivity contribution >= 4 is 23.0 Å². The molecular formula is C14H15F2N7S. The molecule has 24 heavy (non-hydrogen) atoms. The Morgan fingerprint density at radius 3 is 2.71 bits per heavy atom. The van der Waals surface area contributed by atoms with E-state index < -0.39 is 5.92 Å². The topological polar surface area (TPSA) is 99.5 Å². The Morgan fingerprint density at radius 2 is 2.08 bits per heavy atom. The zero-order valence-electron chi connectivity index (χ0n) is 12.9. The van der Waals surface area contributed by atoms with Crippen LogP contribution in [0.5, 0.6) is 0 Å². The molecule has 0 unspecified atom stereocenters. The molecule has 0 bridgehead atoms. The van der Waals surface area contributed by atoms with Crippen LogP contribution in [0.25, 0.3) is 21.3 Å². The maximum Gasteiger partial charge on any atom is 0.248 e. The molecule has 1 aliphatic rings. The van der Waals surface area contributed by atoms with Crippen LogP contribution in [0.1, 0.15) is 31.4 Å². The summed E-state index contributed by atoms with van der Waals surface area (Å²) in [5.74, 6) is -1.62. The molecule has 0 amide bonds. The van der Waals surface area contributed by atoms with Crippen LogP contribution >= 0.6 is 11.3 Å². The summed E-state index contributed by atoms with van der Waals surface area (Å²) in [6.45, 7) is 1.86. The Kier molecular flexibility index (Phi) is 4.59. The van der Waals surface area contributed by atoms with Crippen LogP contribution in [-0.4, -0.2) is 26.9 Å². The third kappa shape index (κ3) is 3.95. The third-order valence-electron chi connectivity index (χ3n) is 3.74. The van der Waals surface area contributed by atoms with Gasteiger partial charge >= 0.3 is 0 Å². The van der Waals surface area contributed by atoms with Gasteiger partial charge in [0.15, 0.2) is 10.8 Å². The Labute approximate surface area is 140 Å². The molecule has 3 rings (SSSR count). The molecule has 0 aromatic carbocycles. The highest BCUT2D eigenvalue weighted by Crippen LogP contribution is 2.34. The number of nitrogens with one attached hydrogen (secondary N) is 1. The largest absolute Gasteiger partial charge is 0.367 e. The lowest BCUT2D eigenvalue weighted by Gasteiger charge is -2.29. The van der Waals surface area contributed by atoms with Crippen LogP contribution in [0, 0.1) is 6.92 Å². The molecule has 0 aliphatic heterocycles. The Morgan fingerprint density at radius 1 is 1.33 bits per heavy atom. The summed E-state index contributed by atoms with van der Waals surface area (Å²) in [5.41, 5.74) is 9.48. The van der Waals surface area contributed by atoms with Gasteiger partial charge in [-0.05, 0) is 30.4 Å². The van der Waals surface area contributed by atoms with Crippen LogP contribution in [0.2, 0.25) is 0 Å². The number of anilines is 1. The second-order valence-corrected chi connectivity index (χ2v) is 6.55. The molecule has 126 valence electrons. The Bertz CT molecular complexity index is 775. The lowest BCUT2D eigenvalue weighted by atomic mass is 9.92. The number of aryl methyl sites for hydroxylation is 1. The second kappa shape index (κ2) is 6.66. The van der Waals surface area contributed by atoms with Crippen molar-refractivity contribution in [3.05, 3.63) is 27.6 Å². The van der Waals surface area contributed by atoms with E-state index in [0.717, 1.165) is 5.69 Å². The molecule has 1 N–H and O–H groups in total. The first-order valence-corrected chi connectivity index (χ1v) is 8.34. The van der Waals surface area contributed by atoms with E-state index in [0.29, 0.717) is 29.5 Å². The molecule has 0 saturated heterocycles. The quantitative estimate of drug-likeness (QED) is 0.484. The number of thiazole rings is 1. The van der Waals surface area contributed by atoms with Gasteiger partial charge in [0.05, 0.1) is 0 Å². The zero-order valence-corrected chi connectivity index (χ0v) is 13.7. The molecule has 2 aromatic heterocycles. The van der Waals surface area contributed by atoms with Crippen molar-refractivity contribution < 1.29 is 8.78 Å². The van der Waals surface area contributed by atoms with Crippen molar-refractivity contribution in [1.82, 2.24) is 15.0 Å². The van der Waals surface area contributed by atoms with Crippen molar-refractivity contribution in [2.45, 2.75) is 44.6 Å². The number of nitrogens with zero attached hydrogens (tertiary/aromatic N) is 6. The lowest BCUT2D eigenvalue weighted by molar-refractivity contribution is -0.0361. The standard InChI is InChI=1S/C14H15F2N7S/c1-8-7-24-13(18-8)12-20-10(6-11(21-12)22-23-17)19-9-2-4-14(15,16)5-3-9/h6-7,9H,2-5H2,1H3,(H,19,20,21). The molecule has 2 heterocycles. The van der Waals surface area contributed by atoms with Crippen LogP contribution in [0.4, 0.5) is 20.4 Å². The van der Waals surface area contributed by atoms with Gasteiger partial charge in [0.1, 0.15) is 11.6 Å². The lowest BCUT2D eigenvalue weighted by Crippen LogP contribution is -2.32. The van der Waals surface area contributed by atoms with Gasteiger partial charge in [-0.1, -0.05) is 0 Å². The molecule has 1 fully saturated rings. The summed E-state index contributed by atoms with van der Waals surface area (Å²) >= 11 is 1.39. The molecule has 7 nitrogen and oxygen atoms in total. The van der Waals surface area contributed by atoms with E-state index in [4.69, 9.17) is 5.53 Å². The van der Waals surface area contributed by atoms with E-state index in [9.17, 15) is 8.78 Å². The normalized spacial score (nSPS) is 17.3. The van der Waals surface area contributed by atoms with Gasteiger partial charge in [0, 0.05) is 40.9 Å². The molecule has 1 aliphatic carbocycles. The van der Waals surface area contributed by atoms with Gasteiger partial charge < -0.3 is 5.32 Å². The first-order valence-electron chi connectivity index (χ1n) is 7.46. The van der Waals surface area contributed by atoms with E-state index in [1.165, 1.54) is 17.4 Å². The molecule has 0 spiro atoms. The van der Waals surface area contributed by atoms with Crippen molar-refractivity contribution in [2.75, 3.05) is 5.32 Å². The minimum Gasteiger partial charge on any atom is -0.367 e. The fourth-order valence-electron chi connectivity index (χ4n) is 2.55. The maximum absolute atomic E-state index is 13.3. The van der Waals surface area contributed by atoms with Gasteiger partial charge in [-0.2, -0.15) is 0 Å². The average Bonchev–Trinajstić information content (AvgIpc) is 2.96. The summed E-state index contributed by atoms with van der Waals surface area (Å²) in [6, 6.07) is 1.42. The van der Waals surface area contributed by atoms with Crippen molar-refractivity contribution in [1.29, 1.82) is 0 Å². The predicted molar refractivity (Wildman–Crippen MR) is 87.5 cm³/mol. The molecule has 0 radical (unpaired) electrons. The minimum atomic E-state index is -2.58. The van der Waals surface area contributed by atoms with Crippen LogP contribution in [0.15, 0.2) is 16.6 Å². The van der Waals surface area contributed by atoms with Gasteiger partial charge in [-0.3, -0.25) is 0 Å². The summed E-state index contributed by atoms with van der Waals surface area (Å²) in [7, 11) is 0. The van der Waals surface area contributed by atoms with Crippen molar-refractivity contribution in [3.8, 4) is 10.8 Å². The molecule has 2 aromatic rings. The number of hydrogen-bond donors (Lipinski definition) is 1. The van der Waals surface area contributed by atoms with Gasteiger partial charge in [0.25, 0.3) is 0 Å². The zero-order chi connectivity index (χ0) is 17.2. The fraction of sp³-hybridized carbons (Fsp3) is 0.500. The fourth-order valence-corrected chi connectivity index (χ4v) is 3.28. The number of rotatable bonds is 4. The summed E-state index contributed by atoms with van der Waals surface area (Å²) in [5, 5.41) is 9.15. The second-order valence-electron chi connectivity index (χ2n) is 5.69. The molecule has 1 saturated carbocycles. The number of aromatic nitrogens is 3. The molecule has 0 atom stereocenters. The highest BCUT2D eigenvalue weighted by molar-refractivity contribution is 7.13. The van der Waals surface area contributed by atoms with Crippen LogP contribution < -0.4 is 5.32 Å². The average molecular weight is 351 g/mol. The summed E-state index contributed by atoms with van der Waals surface area (Å²) in [6.07, 6.45) is 0.439. The smallest absolute Gasteiger partial charge is 0.248 e. The van der Waals surface area contributed by atoms with Crippen LogP contribution in [-0.2, 0) is 0 Å². The highest BCUT2D eigenvalue weighted by atomic mass is 32.1. The first-order chi connectivity index (χ1) is 11.4. The minimum absolute atomic E-state index is 0.0932. The van der Waals surface area contributed by atoms with E-state index in [2.05, 4.69) is 30.3 Å². The first kappa shape index (κ1) is 16.5. The van der Waals surface area contributed by atoms with Crippen molar-refractivity contribution in [3.63, 3.8) is 0 Å². The Balaban J connectivity index is 1.84. The van der Waals surface area contributed by atoms with E-state index in [-0.39, 0.29) is 24.7 Å². The summed E-state index contributed by atoms with van der Waals surface area (Å²) < 4.78 is 26.5. The van der Waals surface area contributed by atoms with Crippen LogP contribution in [0.3, 0.4) is 0 Å². The van der Waals surface area contributed by atoms with Gasteiger partial charge in [-0.25, -0.2) is 23.7 Å². The summed E-state index contributed by atoms with van der Waals surface area (Å²) in [4.78, 5) is 15.6. The van der Waals surface area contributed by atoms with E-state index >= 15 is 0 Å². The SMILES string of the molecule is Cc1csc(-c2nc(N=[N+]=[N-])cc(NC3CCC(F)(F)CC3)n2)n1. The number of halogens is 2. The Hall–Kier alpha value is -2.32. The molecular weight excluding hydrogens is 336 g/mol. The van der Waals surface area contributed by atoms with Gasteiger partial charge in [-0.15, -0.1) is 11.3 Å².